The summed E-state index contributed by atoms with van der Waals surface area (Å²) in [7, 11) is 1.66. The van der Waals surface area contributed by atoms with E-state index in [1.165, 1.54) is 6.21 Å². The van der Waals surface area contributed by atoms with Crippen LogP contribution in [0.1, 0.15) is 30.9 Å². The zero-order valence-electron chi connectivity index (χ0n) is 14.5. The zero-order valence-corrected chi connectivity index (χ0v) is 17.4. The number of carbonyl (C=O) groups excluding carboxylic acids is 1. The van der Waals surface area contributed by atoms with Crippen molar-refractivity contribution < 1.29 is 37.5 Å². The number of fused-ring (bicyclic) bond motifs is 1. The normalized spacial score (nSPS) is 13.4. The number of hydrogen-bond acceptors (Lipinski definition) is 4. The van der Waals surface area contributed by atoms with Crippen LogP contribution in [0.5, 0.6) is 0 Å². The van der Waals surface area contributed by atoms with Gasteiger partial charge in [0.05, 0.1) is 5.69 Å². The zero-order chi connectivity index (χ0) is 17.5. The summed E-state index contributed by atoms with van der Waals surface area (Å²) in [5, 5.41) is 14.3. The topological polar surface area (TPSA) is 105 Å². The van der Waals surface area contributed by atoms with E-state index in [9.17, 15) is 4.79 Å². The van der Waals surface area contributed by atoms with Crippen molar-refractivity contribution >= 4 is 35.3 Å². The van der Waals surface area contributed by atoms with Crippen molar-refractivity contribution in [2.45, 2.75) is 19.8 Å². The largest absolute Gasteiger partial charge is 0.693 e. The van der Waals surface area contributed by atoms with Crippen molar-refractivity contribution in [3.8, 4) is 0 Å². The van der Waals surface area contributed by atoms with Crippen LogP contribution in [0.15, 0.2) is 35.0 Å². The first-order valence-electron chi connectivity index (χ1n) is 7.84. The number of amidine groups is 1. The molecule has 0 aromatic heterocycles. The Hall–Kier alpha value is -1.79. The van der Waals surface area contributed by atoms with Crippen LogP contribution in [0.25, 0.3) is 17.0 Å². The average Bonchev–Trinajstić information content (AvgIpc) is 2.74. The summed E-state index contributed by atoms with van der Waals surface area (Å²) in [6.45, 7) is 2.64. The Balaban J connectivity index is 0.00000312. The Labute approximate surface area is 173 Å². The minimum Gasteiger partial charge on any atom is -0.693 e. The summed E-state index contributed by atoms with van der Waals surface area (Å²) in [5.41, 5.74) is 9.61. The molecule has 1 amide bonds. The summed E-state index contributed by atoms with van der Waals surface area (Å²) < 4.78 is 0. The number of allylic oxidation sites excluding steroid dienone is 1. The van der Waals surface area contributed by atoms with Gasteiger partial charge in [-0.2, -0.15) is 6.20 Å². The van der Waals surface area contributed by atoms with Crippen molar-refractivity contribution in [3.05, 3.63) is 46.4 Å². The van der Waals surface area contributed by atoms with Gasteiger partial charge in [0, 0.05) is 63.0 Å². The smallest absolute Gasteiger partial charge is 0.247 e. The molecule has 2 rings (SSSR count). The third-order valence-corrected chi connectivity index (χ3v) is 3.58. The summed E-state index contributed by atoms with van der Waals surface area (Å²) in [6, 6.07) is 5.62. The molecule has 0 spiro atoms. The minimum absolute atomic E-state index is 0. The van der Waals surface area contributed by atoms with Crippen molar-refractivity contribution in [1.29, 1.82) is 5.41 Å². The van der Waals surface area contributed by atoms with E-state index in [1.807, 2.05) is 31.2 Å². The molecule has 1 aliphatic rings. The van der Waals surface area contributed by atoms with Crippen LogP contribution in [0.3, 0.4) is 0 Å². The van der Waals surface area contributed by atoms with Crippen LogP contribution in [0.4, 0.5) is 5.69 Å². The molecule has 0 unspecified atom stereocenters. The number of carbonyl (C=O) groups is 1. The maximum absolute atomic E-state index is 12.2. The molecular weight excluding hydrogens is 391 g/mol. The van der Waals surface area contributed by atoms with Gasteiger partial charge in [-0.3, -0.25) is 4.79 Å². The van der Waals surface area contributed by atoms with Gasteiger partial charge in [-0.15, -0.1) is 7.05 Å². The van der Waals surface area contributed by atoms with Gasteiger partial charge in [0.25, 0.3) is 0 Å². The second-order valence-corrected chi connectivity index (χ2v) is 5.47. The molecule has 1 radical (unpaired) electrons. The summed E-state index contributed by atoms with van der Waals surface area (Å²) in [6.07, 6.45) is 5.89. The fourth-order valence-electron chi connectivity index (χ4n) is 2.40. The third-order valence-electron chi connectivity index (χ3n) is 3.58. The summed E-state index contributed by atoms with van der Waals surface area (Å²) >= 11 is 0. The SMILES string of the molecule is CCCNC(=O)C1=Cc2ccc(/C(C=N)=C/[N-]C)cc2N=C(N)C1.[Y]. The van der Waals surface area contributed by atoms with Gasteiger partial charge in [0.2, 0.25) is 5.91 Å². The molecule has 1 heterocycles. The van der Waals surface area contributed by atoms with Gasteiger partial charge in [0.1, 0.15) is 5.84 Å². The molecule has 1 aromatic carbocycles. The maximum Gasteiger partial charge on any atom is 0.247 e. The molecule has 1 aliphatic heterocycles. The summed E-state index contributed by atoms with van der Waals surface area (Å²) in [5.74, 6) is 0.279. The standard InChI is InChI=1S/C18H23N5O.Y/c1-3-6-22-18(24)14-7-13-5-4-12(15(10-19)11-21-2)8-16(13)23-17(20)9-14;/h4-5,7-8,10-11H,3,6,9H2,1-2H3,(H5,19,20,21,22,23,24);/p-1. The molecule has 0 atom stereocenters. The molecule has 0 saturated carbocycles. The Kier molecular flexibility index (Phi) is 8.72. The van der Waals surface area contributed by atoms with Gasteiger partial charge in [-0.05, 0) is 29.7 Å². The predicted molar refractivity (Wildman–Crippen MR) is 99.7 cm³/mol. The molecule has 1 aromatic rings. The van der Waals surface area contributed by atoms with Crippen LogP contribution in [0.2, 0.25) is 0 Å². The Morgan fingerprint density at radius 3 is 2.88 bits per heavy atom. The van der Waals surface area contributed by atoms with Crippen LogP contribution in [-0.4, -0.2) is 31.5 Å². The van der Waals surface area contributed by atoms with E-state index in [-0.39, 0.29) is 38.6 Å². The molecule has 25 heavy (non-hydrogen) atoms. The molecular formula is C18H22N5OY-. The maximum atomic E-state index is 12.2. The van der Waals surface area contributed by atoms with Crippen LogP contribution in [0, 0.1) is 5.41 Å². The van der Waals surface area contributed by atoms with Gasteiger partial charge < -0.3 is 21.8 Å². The number of benzene rings is 1. The van der Waals surface area contributed by atoms with E-state index in [4.69, 9.17) is 11.1 Å². The molecule has 7 heteroatoms. The van der Waals surface area contributed by atoms with Gasteiger partial charge in [-0.25, -0.2) is 4.99 Å². The van der Waals surface area contributed by atoms with E-state index in [1.54, 1.807) is 13.2 Å². The van der Waals surface area contributed by atoms with E-state index in [0.29, 0.717) is 35.6 Å². The number of hydrogen-bond donors (Lipinski definition) is 3. The van der Waals surface area contributed by atoms with Crippen LogP contribution in [-0.2, 0) is 37.5 Å². The number of rotatable bonds is 6. The number of nitrogens with one attached hydrogen (secondary N) is 2. The average molecular weight is 413 g/mol. The van der Waals surface area contributed by atoms with Crippen molar-refractivity contribution in [1.82, 2.24) is 5.32 Å². The van der Waals surface area contributed by atoms with Crippen molar-refractivity contribution in [3.63, 3.8) is 0 Å². The molecule has 0 aliphatic carbocycles. The van der Waals surface area contributed by atoms with Gasteiger partial charge >= 0.3 is 0 Å². The van der Waals surface area contributed by atoms with E-state index < -0.39 is 0 Å². The minimum atomic E-state index is -0.114. The predicted octanol–water partition coefficient (Wildman–Crippen LogP) is 2.98. The Morgan fingerprint density at radius 2 is 2.24 bits per heavy atom. The molecule has 4 N–H and O–H groups in total. The summed E-state index contributed by atoms with van der Waals surface area (Å²) in [4.78, 5) is 16.6. The van der Waals surface area contributed by atoms with E-state index in [2.05, 4.69) is 15.6 Å². The van der Waals surface area contributed by atoms with Gasteiger partial charge in [0.15, 0.2) is 0 Å². The fourth-order valence-corrected chi connectivity index (χ4v) is 2.40. The second-order valence-electron chi connectivity index (χ2n) is 5.47. The molecule has 6 nitrogen and oxygen atoms in total. The monoisotopic (exact) mass is 413 g/mol. The third kappa shape index (κ3) is 5.61. The van der Waals surface area contributed by atoms with E-state index >= 15 is 0 Å². The second kappa shape index (κ2) is 10.3. The Morgan fingerprint density at radius 1 is 1.48 bits per heavy atom. The number of nitrogens with zero attached hydrogens (tertiary/aromatic N) is 2. The quantitative estimate of drug-likeness (QED) is 0.624. The molecule has 0 fully saturated rings. The Bertz CT molecular complexity index is 737. The first kappa shape index (κ1) is 21.3. The van der Waals surface area contributed by atoms with Crippen LogP contribution >= 0.6 is 0 Å². The number of amides is 1. The molecule has 129 valence electrons. The fraction of sp³-hybridized carbons (Fsp3) is 0.278. The molecule has 0 bridgehead atoms. The first-order chi connectivity index (χ1) is 11.6. The number of nitrogens with two attached hydrogens (primary N) is 1. The molecule has 0 saturated heterocycles. The van der Waals surface area contributed by atoms with Crippen molar-refractivity contribution in [2.75, 3.05) is 13.6 Å². The van der Waals surface area contributed by atoms with Crippen LogP contribution < -0.4 is 11.1 Å². The van der Waals surface area contributed by atoms with Gasteiger partial charge in [-0.1, -0.05) is 19.1 Å². The number of aliphatic imine (C=N–C) groups is 1. The van der Waals surface area contributed by atoms with Crippen molar-refractivity contribution in [2.24, 2.45) is 10.7 Å². The first-order valence-corrected chi connectivity index (χ1v) is 7.84. The van der Waals surface area contributed by atoms with E-state index in [0.717, 1.165) is 17.5 Å².